The molecule has 2 atom stereocenters. The van der Waals surface area contributed by atoms with Crippen LogP contribution in [0.15, 0.2) is 24.4 Å². The first-order chi connectivity index (χ1) is 10.6. The van der Waals surface area contributed by atoms with Gasteiger partial charge in [-0.1, -0.05) is 12.2 Å². The molecule has 116 valence electrons. The molecule has 1 aliphatic heterocycles. The maximum Gasteiger partial charge on any atom is 0.233 e. The lowest BCUT2D eigenvalue weighted by Crippen LogP contribution is -2.34. The van der Waals surface area contributed by atoms with E-state index in [9.17, 15) is 14.4 Å². The predicted octanol–water partition coefficient (Wildman–Crippen LogP) is 0.700. The van der Waals surface area contributed by atoms with Crippen LogP contribution in [-0.2, 0) is 21.4 Å². The van der Waals surface area contributed by atoms with Gasteiger partial charge in [0.1, 0.15) is 0 Å². The predicted molar refractivity (Wildman–Crippen MR) is 78.5 cm³/mol. The minimum Gasteiger partial charge on any atom is -0.309 e. The minimum absolute atomic E-state index is 0.0842. The lowest BCUT2D eigenvalue weighted by atomic mass is 9.85. The Labute approximate surface area is 128 Å². The Hall–Kier alpha value is -2.44. The Kier molecular flexibility index (Phi) is 3.79. The molecule has 2 heterocycles. The number of aryl methyl sites for hydroxylation is 1. The average Bonchev–Trinajstić information content (AvgIpc) is 3.01. The number of likely N-dealkylation sites (tertiary alicyclic amines) is 1. The Morgan fingerprint density at radius 1 is 1.27 bits per heavy atom. The highest BCUT2D eigenvalue weighted by Crippen LogP contribution is 2.34. The molecule has 0 saturated carbocycles. The molecule has 1 aromatic rings. The van der Waals surface area contributed by atoms with E-state index in [4.69, 9.17) is 0 Å². The van der Waals surface area contributed by atoms with Crippen molar-refractivity contribution in [3.05, 3.63) is 24.4 Å². The maximum atomic E-state index is 12.2. The highest BCUT2D eigenvalue weighted by atomic mass is 16.2. The summed E-state index contributed by atoms with van der Waals surface area (Å²) in [4.78, 5) is 37.6. The summed E-state index contributed by atoms with van der Waals surface area (Å²) in [6.07, 6.45) is 6.94. The third-order valence-electron chi connectivity index (χ3n) is 4.14. The van der Waals surface area contributed by atoms with Gasteiger partial charge in [0, 0.05) is 32.3 Å². The van der Waals surface area contributed by atoms with Gasteiger partial charge in [0.05, 0.1) is 11.8 Å². The minimum atomic E-state index is -0.257. The van der Waals surface area contributed by atoms with Crippen molar-refractivity contribution < 1.29 is 14.4 Å². The zero-order valence-corrected chi connectivity index (χ0v) is 12.4. The Bertz CT molecular complexity index is 623. The van der Waals surface area contributed by atoms with Gasteiger partial charge in [0.15, 0.2) is 5.82 Å². The van der Waals surface area contributed by atoms with Gasteiger partial charge in [-0.25, -0.2) is 0 Å². The van der Waals surface area contributed by atoms with Gasteiger partial charge in [-0.3, -0.25) is 24.0 Å². The second kappa shape index (κ2) is 5.75. The van der Waals surface area contributed by atoms with Crippen molar-refractivity contribution in [3.8, 4) is 0 Å². The molecule has 3 rings (SSSR count). The van der Waals surface area contributed by atoms with Crippen LogP contribution in [0, 0.1) is 11.8 Å². The zero-order chi connectivity index (χ0) is 15.7. The first kappa shape index (κ1) is 14.5. The number of carbonyl (C=O) groups is 3. The van der Waals surface area contributed by atoms with Crippen LogP contribution in [0.3, 0.4) is 0 Å². The highest BCUT2D eigenvalue weighted by molar-refractivity contribution is 6.05. The van der Waals surface area contributed by atoms with Gasteiger partial charge in [-0.05, 0) is 12.8 Å². The molecule has 2 unspecified atom stereocenters. The molecule has 2 aliphatic rings. The lowest BCUT2D eigenvalue weighted by Gasteiger charge is -2.14. The van der Waals surface area contributed by atoms with E-state index in [0.717, 1.165) is 0 Å². The molecule has 0 spiro atoms. The van der Waals surface area contributed by atoms with Crippen LogP contribution in [-0.4, -0.2) is 38.9 Å². The summed E-state index contributed by atoms with van der Waals surface area (Å²) in [6, 6.07) is 1.68. The van der Waals surface area contributed by atoms with Crippen molar-refractivity contribution in [3.63, 3.8) is 0 Å². The second-order valence-corrected chi connectivity index (χ2v) is 5.66. The van der Waals surface area contributed by atoms with Crippen molar-refractivity contribution in [2.24, 2.45) is 18.9 Å². The average molecular weight is 302 g/mol. The van der Waals surface area contributed by atoms with E-state index in [0.29, 0.717) is 18.7 Å². The third kappa shape index (κ3) is 2.66. The highest BCUT2D eigenvalue weighted by Gasteiger charge is 2.46. The molecule has 7 nitrogen and oxygen atoms in total. The molecule has 1 aliphatic carbocycles. The van der Waals surface area contributed by atoms with Crippen molar-refractivity contribution in [1.82, 2.24) is 14.7 Å². The zero-order valence-electron chi connectivity index (χ0n) is 12.4. The molecule has 0 bridgehead atoms. The van der Waals surface area contributed by atoms with Crippen molar-refractivity contribution >= 4 is 23.5 Å². The van der Waals surface area contributed by atoms with Crippen LogP contribution < -0.4 is 5.32 Å². The van der Waals surface area contributed by atoms with Crippen molar-refractivity contribution in [2.45, 2.75) is 19.3 Å². The molecule has 1 saturated heterocycles. The van der Waals surface area contributed by atoms with Gasteiger partial charge in [-0.15, -0.1) is 0 Å². The Morgan fingerprint density at radius 3 is 2.45 bits per heavy atom. The summed E-state index contributed by atoms with van der Waals surface area (Å²) in [6.45, 7) is 0.128. The van der Waals surface area contributed by atoms with E-state index >= 15 is 0 Å². The fourth-order valence-corrected chi connectivity index (χ4v) is 2.99. The number of rotatable bonds is 4. The van der Waals surface area contributed by atoms with Gasteiger partial charge in [0.25, 0.3) is 0 Å². The van der Waals surface area contributed by atoms with Crippen LogP contribution in [0.25, 0.3) is 0 Å². The van der Waals surface area contributed by atoms with E-state index in [2.05, 4.69) is 10.4 Å². The summed E-state index contributed by atoms with van der Waals surface area (Å²) in [5.41, 5.74) is 0. The second-order valence-electron chi connectivity index (χ2n) is 5.66. The number of carbonyl (C=O) groups excluding carboxylic acids is 3. The molecular weight excluding hydrogens is 284 g/mol. The number of hydrogen-bond acceptors (Lipinski definition) is 4. The van der Waals surface area contributed by atoms with E-state index in [1.54, 1.807) is 24.0 Å². The fourth-order valence-electron chi connectivity index (χ4n) is 2.99. The molecular formula is C15H18N4O3. The Morgan fingerprint density at radius 2 is 1.91 bits per heavy atom. The van der Waals surface area contributed by atoms with Crippen LogP contribution in [0.2, 0.25) is 0 Å². The van der Waals surface area contributed by atoms with E-state index in [1.165, 1.54) is 4.90 Å². The number of imide groups is 1. The summed E-state index contributed by atoms with van der Waals surface area (Å²) < 4.78 is 1.58. The number of aromatic nitrogens is 2. The summed E-state index contributed by atoms with van der Waals surface area (Å²) >= 11 is 0. The number of fused-ring (bicyclic) bond motifs is 1. The van der Waals surface area contributed by atoms with Crippen LogP contribution in [0.5, 0.6) is 0 Å². The van der Waals surface area contributed by atoms with Crippen molar-refractivity contribution in [2.75, 3.05) is 11.9 Å². The first-order valence-electron chi connectivity index (χ1n) is 7.36. The number of nitrogens with zero attached hydrogens (tertiary/aromatic N) is 3. The molecule has 1 fully saturated rings. The number of allylic oxidation sites excluding steroid dienone is 2. The number of hydrogen-bond donors (Lipinski definition) is 1. The lowest BCUT2D eigenvalue weighted by molar-refractivity contribution is -0.140. The van der Waals surface area contributed by atoms with E-state index < -0.39 is 0 Å². The van der Waals surface area contributed by atoms with Crippen LogP contribution in [0.4, 0.5) is 5.82 Å². The molecule has 7 heteroatoms. The van der Waals surface area contributed by atoms with E-state index in [1.807, 2.05) is 12.2 Å². The third-order valence-corrected chi connectivity index (χ3v) is 4.14. The molecule has 1 N–H and O–H groups in total. The molecule has 0 radical (unpaired) electrons. The van der Waals surface area contributed by atoms with Crippen molar-refractivity contribution in [1.29, 1.82) is 0 Å². The summed E-state index contributed by atoms with van der Waals surface area (Å²) in [7, 11) is 1.76. The largest absolute Gasteiger partial charge is 0.309 e. The van der Waals surface area contributed by atoms with Gasteiger partial charge in [0.2, 0.25) is 17.7 Å². The molecule has 0 aromatic carbocycles. The van der Waals surface area contributed by atoms with Crippen LogP contribution in [0.1, 0.15) is 19.3 Å². The van der Waals surface area contributed by atoms with Gasteiger partial charge >= 0.3 is 0 Å². The number of amides is 3. The Balaban J connectivity index is 1.56. The molecule has 22 heavy (non-hydrogen) atoms. The fraction of sp³-hybridized carbons (Fsp3) is 0.467. The number of nitrogens with one attached hydrogen (secondary N) is 1. The van der Waals surface area contributed by atoms with Gasteiger partial charge in [-0.2, -0.15) is 5.10 Å². The monoisotopic (exact) mass is 302 g/mol. The summed E-state index contributed by atoms with van der Waals surface area (Å²) in [5.74, 6) is -0.570. The first-order valence-corrected chi connectivity index (χ1v) is 7.36. The smallest absolute Gasteiger partial charge is 0.233 e. The van der Waals surface area contributed by atoms with Gasteiger partial charge < -0.3 is 5.32 Å². The molecule has 3 amide bonds. The standard InChI is InChI=1S/C15H18N4O3/c1-18-8-6-12(17-18)16-13(20)7-9-19-14(21)10-4-2-3-5-11(10)15(19)22/h2-3,6,8,10-11H,4-5,7,9H2,1H3,(H,16,17,20). The maximum absolute atomic E-state index is 12.2. The molecule has 1 aromatic heterocycles. The van der Waals surface area contributed by atoms with E-state index in [-0.39, 0.29) is 42.5 Å². The normalized spacial score (nSPS) is 23.8. The number of anilines is 1. The van der Waals surface area contributed by atoms with Crippen LogP contribution >= 0.6 is 0 Å². The quantitative estimate of drug-likeness (QED) is 0.655. The SMILES string of the molecule is Cn1ccc(NC(=O)CCN2C(=O)C3CC=CCC3C2=O)n1. The summed E-state index contributed by atoms with van der Waals surface area (Å²) in [5, 5.41) is 6.69. The topological polar surface area (TPSA) is 84.3 Å².